The predicted molar refractivity (Wildman–Crippen MR) is 75.3 cm³/mol. The minimum Gasteiger partial charge on any atom is -0.387 e. The van der Waals surface area contributed by atoms with Crippen LogP contribution < -0.4 is 0 Å². The van der Waals surface area contributed by atoms with Crippen LogP contribution in [0.4, 0.5) is 8.78 Å². The van der Waals surface area contributed by atoms with Crippen LogP contribution in [0.25, 0.3) is 0 Å². The highest BCUT2D eigenvalue weighted by Crippen LogP contribution is 2.23. The number of β-amino-alcohol motifs (C(OH)–C–C–N with tert-alkyl or cyclic N) is 1. The van der Waals surface area contributed by atoms with Crippen molar-refractivity contribution < 1.29 is 13.9 Å². The van der Waals surface area contributed by atoms with E-state index in [2.05, 4.69) is 4.90 Å². The largest absolute Gasteiger partial charge is 0.387 e. The Morgan fingerprint density at radius 1 is 1.05 bits per heavy atom. The molecule has 1 aromatic carbocycles. The fourth-order valence-electron chi connectivity index (χ4n) is 2.44. The standard InChI is InChI=1S/C14H19ClF2N2O/c15-12-4-2-1-3-11(12)13(20)9-18-5-7-19(8-6-18)10-14(16)17/h1-4,13-14,20H,5-10H2. The Hall–Kier alpha value is -0.750. The maximum Gasteiger partial charge on any atom is 0.251 e. The molecule has 2 rings (SSSR count). The lowest BCUT2D eigenvalue weighted by molar-refractivity contribution is 0.0385. The molecule has 20 heavy (non-hydrogen) atoms. The van der Waals surface area contributed by atoms with Crippen LogP contribution in [0, 0.1) is 0 Å². The molecule has 112 valence electrons. The molecule has 0 saturated carbocycles. The van der Waals surface area contributed by atoms with E-state index >= 15 is 0 Å². The lowest BCUT2D eigenvalue weighted by Gasteiger charge is -2.35. The summed E-state index contributed by atoms with van der Waals surface area (Å²) in [7, 11) is 0. The van der Waals surface area contributed by atoms with E-state index in [0.717, 1.165) is 0 Å². The first-order chi connectivity index (χ1) is 9.56. The summed E-state index contributed by atoms with van der Waals surface area (Å²) in [5.41, 5.74) is 0.712. The number of nitrogens with zero attached hydrogens (tertiary/aromatic N) is 2. The van der Waals surface area contributed by atoms with Gasteiger partial charge in [0.05, 0.1) is 12.6 Å². The molecule has 1 heterocycles. The molecule has 0 amide bonds. The molecule has 1 aromatic rings. The summed E-state index contributed by atoms with van der Waals surface area (Å²) in [6.07, 6.45) is -2.93. The van der Waals surface area contributed by atoms with Gasteiger partial charge in [-0.1, -0.05) is 29.8 Å². The molecule has 0 spiro atoms. The Bertz CT molecular complexity index is 425. The fourth-order valence-corrected chi connectivity index (χ4v) is 2.70. The quantitative estimate of drug-likeness (QED) is 0.904. The zero-order valence-corrected chi connectivity index (χ0v) is 11.9. The van der Waals surface area contributed by atoms with Gasteiger partial charge in [-0.3, -0.25) is 9.80 Å². The number of hydrogen-bond donors (Lipinski definition) is 1. The van der Waals surface area contributed by atoms with Crippen molar-refractivity contribution in [2.24, 2.45) is 0 Å². The van der Waals surface area contributed by atoms with Crippen molar-refractivity contribution in [2.75, 3.05) is 39.3 Å². The van der Waals surface area contributed by atoms with Crippen LogP contribution in [-0.2, 0) is 0 Å². The number of halogens is 3. The number of aliphatic hydroxyl groups excluding tert-OH is 1. The molecule has 0 aromatic heterocycles. The van der Waals surface area contributed by atoms with E-state index in [0.29, 0.717) is 43.3 Å². The van der Waals surface area contributed by atoms with E-state index in [1.54, 1.807) is 17.0 Å². The van der Waals surface area contributed by atoms with Gasteiger partial charge in [0.2, 0.25) is 0 Å². The summed E-state index contributed by atoms with van der Waals surface area (Å²) >= 11 is 6.05. The third kappa shape index (κ3) is 4.38. The smallest absolute Gasteiger partial charge is 0.251 e. The van der Waals surface area contributed by atoms with Crippen molar-refractivity contribution in [3.8, 4) is 0 Å². The van der Waals surface area contributed by atoms with Crippen LogP contribution in [0.2, 0.25) is 5.02 Å². The Morgan fingerprint density at radius 3 is 2.15 bits per heavy atom. The van der Waals surface area contributed by atoms with Crippen molar-refractivity contribution in [2.45, 2.75) is 12.5 Å². The number of hydrogen-bond acceptors (Lipinski definition) is 3. The highest BCUT2D eigenvalue weighted by atomic mass is 35.5. The average molecular weight is 305 g/mol. The van der Waals surface area contributed by atoms with E-state index in [4.69, 9.17) is 11.6 Å². The molecule has 0 bridgehead atoms. The second-order valence-corrected chi connectivity index (χ2v) is 5.44. The topological polar surface area (TPSA) is 26.7 Å². The van der Waals surface area contributed by atoms with Crippen molar-refractivity contribution in [1.82, 2.24) is 9.80 Å². The molecule has 1 unspecified atom stereocenters. The van der Waals surface area contributed by atoms with Crippen LogP contribution in [0.3, 0.4) is 0 Å². The van der Waals surface area contributed by atoms with Crippen LogP contribution in [0.1, 0.15) is 11.7 Å². The molecule has 1 atom stereocenters. The monoisotopic (exact) mass is 304 g/mol. The van der Waals surface area contributed by atoms with Crippen LogP contribution in [0.15, 0.2) is 24.3 Å². The van der Waals surface area contributed by atoms with Gasteiger partial charge in [-0.25, -0.2) is 8.78 Å². The molecule has 1 saturated heterocycles. The Labute approximate surface area is 122 Å². The first-order valence-corrected chi connectivity index (χ1v) is 7.09. The van der Waals surface area contributed by atoms with Gasteiger partial charge in [0.25, 0.3) is 6.43 Å². The summed E-state index contributed by atoms with van der Waals surface area (Å²) in [4.78, 5) is 3.83. The van der Waals surface area contributed by atoms with Gasteiger partial charge in [-0.15, -0.1) is 0 Å². The Balaban J connectivity index is 1.82. The lowest BCUT2D eigenvalue weighted by Crippen LogP contribution is -2.48. The second kappa shape index (κ2) is 7.31. The number of benzene rings is 1. The number of aliphatic hydroxyl groups is 1. The second-order valence-electron chi connectivity index (χ2n) is 5.03. The molecule has 1 aliphatic heterocycles. The predicted octanol–water partition coefficient (Wildman–Crippen LogP) is 2.26. The zero-order valence-electron chi connectivity index (χ0n) is 11.2. The third-order valence-corrected chi connectivity index (χ3v) is 3.90. The number of rotatable bonds is 5. The third-order valence-electron chi connectivity index (χ3n) is 3.56. The van der Waals surface area contributed by atoms with Gasteiger partial charge < -0.3 is 5.11 Å². The number of alkyl halides is 2. The van der Waals surface area contributed by atoms with Crippen LogP contribution in [0.5, 0.6) is 0 Å². The SMILES string of the molecule is OC(CN1CCN(CC(F)F)CC1)c1ccccc1Cl. The summed E-state index contributed by atoms with van der Waals surface area (Å²) in [5.74, 6) is 0. The van der Waals surface area contributed by atoms with Crippen LogP contribution in [-0.4, -0.2) is 60.6 Å². The van der Waals surface area contributed by atoms with E-state index in [1.165, 1.54) is 0 Å². The maximum atomic E-state index is 12.3. The minimum atomic E-state index is -2.28. The van der Waals surface area contributed by atoms with E-state index in [-0.39, 0.29) is 6.54 Å². The molecular weight excluding hydrogens is 286 g/mol. The molecule has 0 aliphatic carbocycles. The highest BCUT2D eigenvalue weighted by Gasteiger charge is 2.22. The fraction of sp³-hybridized carbons (Fsp3) is 0.571. The van der Waals surface area contributed by atoms with Gasteiger partial charge in [0.1, 0.15) is 0 Å². The lowest BCUT2D eigenvalue weighted by atomic mass is 10.1. The minimum absolute atomic E-state index is 0.166. The van der Waals surface area contributed by atoms with E-state index in [9.17, 15) is 13.9 Å². The van der Waals surface area contributed by atoms with Crippen LogP contribution >= 0.6 is 11.6 Å². The van der Waals surface area contributed by atoms with E-state index in [1.807, 2.05) is 12.1 Å². The van der Waals surface area contributed by atoms with Gasteiger partial charge >= 0.3 is 0 Å². The molecule has 6 heteroatoms. The summed E-state index contributed by atoms with van der Waals surface area (Å²) in [5, 5.41) is 10.8. The van der Waals surface area contributed by atoms with Crippen molar-refractivity contribution in [3.63, 3.8) is 0 Å². The van der Waals surface area contributed by atoms with Crippen molar-refractivity contribution in [1.29, 1.82) is 0 Å². The van der Waals surface area contributed by atoms with Crippen molar-refractivity contribution >= 4 is 11.6 Å². The summed E-state index contributed by atoms with van der Waals surface area (Å²) in [6.45, 7) is 2.91. The molecule has 1 N–H and O–H groups in total. The first-order valence-electron chi connectivity index (χ1n) is 6.71. The normalized spacial score (nSPS) is 19.4. The van der Waals surface area contributed by atoms with Gasteiger partial charge in [-0.05, 0) is 6.07 Å². The first kappa shape index (κ1) is 15.6. The summed E-state index contributed by atoms with van der Waals surface area (Å²) in [6, 6.07) is 7.22. The van der Waals surface area contributed by atoms with Gasteiger partial charge in [0, 0.05) is 43.3 Å². The van der Waals surface area contributed by atoms with E-state index < -0.39 is 12.5 Å². The molecule has 3 nitrogen and oxygen atoms in total. The molecular formula is C14H19ClF2N2O. The maximum absolute atomic E-state index is 12.3. The molecule has 1 fully saturated rings. The van der Waals surface area contributed by atoms with Crippen molar-refractivity contribution in [3.05, 3.63) is 34.9 Å². The molecule has 1 aliphatic rings. The zero-order chi connectivity index (χ0) is 14.5. The Kier molecular flexibility index (Phi) is 5.72. The number of piperazine rings is 1. The van der Waals surface area contributed by atoms with Gasteiger partial charge in [0.15, 0.2) is 0 Å². The highest BCUT2D eigenvalue weighted by molar-refractivity contribution is 6.31. The van der Waals surface area contributed by atoms with Gasteiger partial charge in [-0.2, -0.15) is 0 Å². The average Bonchev–Trinajstić information content (AvgIpc) is 2.41. The summed E-state index contributed by atoms with van der Waals surface area (Å²) < 4.78 is 24.6. The Morgan fingerprint density at radius 2 is 1.60 bits per heavy atom. The molecule has 0 radical (unpaired) electrons.